The third-order valence-corrected chi connectivity index (χ3v) is 5.54. The van der Waals surface area contributed by atoms with Crippen LogP contribution in [0.25, 0.3) is 0 Å². The van der Waals surface area contributed by atoms with Gasteiger partial charge in [0.15, 0.2) is 0 Å². The van der Waals surface area contributed by atoms with Gasteiger partial charge >= 0.3 is 0 Å². The van der Waals surface area contributed by atoms with Crippen LogP contribution in [-0.4, -0.2) is 49.6 Å². The Morgan fingerprint density at radius 2 is 1.89 bits per heavy atom. The molecule has 1 aromatic carbocycles. The molecule has 1 aromatic rings. The van der Waals surface area contributed by atoms with Crippen LogP contribution in [0.1, 0.15) is 17.5 Å². The largest absolute Gasteiger partial charge is 0.294 e. The summed E-state index contributed by atoms with van der Waals surface area (Å²) in [4.78, 5) is 2.44. The molecule has 3 rings (SSSR count). The molecule has 0 radical (unpaired) electrons. The first kappa shape index (κ1) is 13.1. The van der Waals surface area contributed by atoms with Gasteiger partial charge in [-0.1, -0.05) is 24.3 Å². The lowest BCUT2D eigenvalue weighted by atomic mass is 9.98. The number of rotatable bonds is 2. The molecule has 0 amide bonds. The van der Waals surface area contributed by atoms with Gasteiger partial charge in [-0.25, -0.2) is 12.7 Å². The highest BCUT2D eigenvalue weighted by molar-refractivity contribution is 7.88. The number of benzene rings is 1. The van der Waals surface area contributed by atoms with Crippen molar-refractivity contribution in [3.05, 3.63) is 35.4 Å². The molecular weight excluding hydrogens is 260 g/mol. The number of nitrogens with zero attached hydrogens (tertiary/aromatic N) is 2. The molecule has 2 aliphatic heterocycles. The molecule has 1 fully saturated rings. The Kier molecular flexibility index (Phi) is 3.37. The van der Waals surface area contributed by atoms with Gasteiger partial charge in [0.05, 0.1) is 6.26 Å². The smallest absolute Gasteiger partial charge is 0.211 e. The van der Waals surface area contributed by atoms with Crippen LogP contribution in [0.15, 0.2) is 24.3 Å². The molecule has 1 atom stereocenters. The highest BCUT2D eigenvalue weighted by Crippen LogP contribution is 2.25. The first-order chi connectivity index (χ1) is 9.04. The zero-order valence-electron chi connectivity index (χ0n) is 11.2. The van der Waals surface area contributed by atoms with E-state index in [0.29, 0.717) is 19.1 Å². The van der Waals surface area contributed by atoms with E-state index >= 15 is 0 Å². The third kappa shape index (κ3) is 2.68. The van der Waals surface area contributed by atoms with Crippen molar-refractivity contribution in [1.82, 2.24) is 9.21 Å². The highest BCUT2D eigenvalue weighted by atomic mass is 32.2. The molecule has 5 heteroatoms. The molecule has 19 heavy (non-hydrogen) atoms. The van der Waals surface area contributed by atoms with E-state index in [-0.39, 0.29) is 0 Å². The lowest BCUT2D eigenvalue weighted by Gasteiger charge is -2.33. The van der Waals surface area contributed by atoms with E-state index < -0.39 is 10.0 Å². The molecular formula is C14H20N2O2S. The van der Waals surface area contributed by atoms with Crippen molar-refractivity contribution in [2.45, 2.75) is 25.4 Å². The minimum atomic E-state index is -3.03. The van der Waals surface area contributed by atoms with Gasteiger partial charge in [-0.3, -0.25) is 4.90 Å². The van der Waals surface area contributed by atoms with Crippen LogP contribution in [-0.2, 0) is 23.0 Å². The first-order valence-corrected chi connectivity index (χ1v) is 8.65. The zero-order chi connectivity index (χ0) is 13.5. The maximum atomic E-state index is 11.6. The normalized spacial score (nSPS) is 25.4. The molecule has 0 bridgehead atoms. The third-order valence-electron chi connectivity index (χ3n) is 4.27. The van der Waals surface area contributed by atoms with Crippen molar-refractivity contribution in [3.63, 3.8) is 0 Å². The summed E-state index contributed by atoms with van der Waals surface area (Å²) in [7, 11) is -3.03. The summed E-state index contributed by atoms with van der Waals surface area (Å²) >= 11 is 0. The Labute approximate surface area is 115 Å². The Bertz CT molecular complexity index is 571. The fourth-order valence-corrected chi connectivity index (χ4v) is 4.02. The van der Waals surface area contributed by atoms with Crippen molar-refractivity contribution in [3.8, 4) is 0 Å². The maximum absolute atomic E-state index is 11.6. The van der Waals surface area contributed by atoms with Crippen molar-refractivity contribution in [2.24, 2.45) is 0 Å². The molecule has 104 valence electrons. The van der Waals surface area contributed by atoms with Gasteiger partial charge < -0.3 is 0 Å². The molecule has 1 saturated heterocycles. The summed E-state index contributed by atoms with van der Waals surface area (Å²) in [5.41, 5.74) is 2.84. The standard InChI is InChI=1S/C14H20N2O2S/c1-19(17,18)16-9-7-14(11-16)15-8-6-12-4-2-3-5-13(12)10-15/h2-5,14H,6-11H2,1H3. The number of fused-ring (bicyclic) bond motifs is 1. The molecule has 4 nitrogen and oxygen atoms in total. The highest BCUT2D eigenvalue weighted by Gasteiger charge is 2.33. The summed E-state index contributed by atoms with van der Waals surface area (Å²) in [6.45, 7) is 3.32. The van der Waals surface area contributed by atoms with Gasteiger partial charge in [-0.2, -0.15) is 0 Å². The number of hydrogen-bond donors (Lipinski definition) is 0. The minimum absolute atomic E-state index is 0.378. The average Bonchev–Trinajstić information content (AvgIpc) is 2.87. The molecule has 0 N–H and O–H groups in total. The topological polar surface area (TPSA) is 40.6 Å². The SMILES string of the molecule is CS(=O)(=O)N1CCC(N2CCc3ccccc3C2)C1. The van der Waals surface area contributed by atoms with Crippen molar-refractivity contribution in [2.75, 3.05) is 25.9 Å². The average molecular weight is 280 g/mol. The van der Waals surface area contributed by atoms with Gasteiger partial charge in [-0.05, 0) is 24.0 Å². The monoisotopic (exact) mass is 280 g/mol. The molecule has 2 heterocycles. The van der Waals surface area contributed by atoms with Gasteiger partial charge in [0, 0.05) is 32.2 Å². The predicted octanol–water partition coefficient (Wildman–Crippen LogP) is 1.08. The summed E-state index contributed by atoms with van der Waals surface area (Å²) < 4.78 is 24.7. The molecule has 0 spiro atoms. The van der Waals surface area contributed by atoms with E-state index in [1.807, 2.05) is 0 Å². The summed E-state index contributed by atoms with van der Waals surface area (Å²) in [6.07, 6.45) is 3.33. The van der Waals surface area contributed by atoms with E-state index in [0.717, 1.165) is 25.9 Å². The summed E-state index contributed by atoms with van der Waals surface area (Å²) in [5, 5.41) is 0. The summed E-state index contributed by atoms with van der Waals surface area (Å²) in [6, 6.07) is 8.94. The fourth-order valence-electron chi connectivity index (χ4n) is 3.14. The Hall–Kier alpha value is -0.910. The Morgan fingerprint density at radius 3 is 2.58 bits per heavy atom. The minimum Gasteiger partial charge on any atom is -0.294 e. The van der Waals surface area contributed by atoms with Crippen LogP contribution in [0, 0.1) is 0 Å². The lowest BCUT2D eigenvalue weighted by molar-refractivity contribution is 0.185. The van der Waals surface area contributed by atoms with E-state index in [9.17, 15) is 8.42 Å². The number of sulfonamides is 1. The molecule has 0 saturated carbocycles. The second kappa shape index (κ2) is 4.89. The van der Waals surface area contributed by atoms with Crippen LogP contribution in [0.5, 0.6) is 0 Å². The van der Waals surface area contributed by atoms with Gasteiger partial charge in [0.25, 0.3) is 0 Å². The van der Waals surface area contributed by atoms with Crippen LogP contribution >= 0.6 is 0 Å². The van der Waals surface area contributed by atoms with E-state index in [4.69, 9.17) is 0 Å². The fraction of sp³-hybridized carbons (Fsp3) is 0.571. The van der Waals surface area contributed by atoms with E-state index in [1.165, 1.54) is 17.4 Å². The summed E-state index contributed by atoms with van der Waals surface area (Å²) in [5.74, 6) is 0. The van der Waals surface area contributed by atoms with Crippen LogP contribution in [0.3, 0.4) is 0 Å². The molecule has 2 aliphatic rings. The first-order valence-electron chi connectivity index (χ1n) is 6.80. The Balaban J connectivity index is 1.70. The van der Waals surface area contributed by atoms with Crippen molar-refractivity contribution < 1.29 is 8.42 Å². The maximum Gasteiger partial charge on any atom is 0.211 e. The lowest BCUT2D eigenvalue weighted by Crippen LogP contribution is -2.41. The molecule has 1 unspecified atom stereocenters. The predicted molar refractivity (Wildman–Crippen MR) is 75.4 cm³/mol. The molecule has 0 aliphatic carbocycles. The molecule has 0 aromatic heterocycles. The van der Waals surface area contributed by atoms with Crippen LogP contribution in [0.2, 0.25) is 0 Å². The van der Waals surface area contributed by atoms with Crippen molar-refractivity contribution in [1.29, 1.82) is 0 Å². The number of hydrogen-bond acceptors (Lipinski definition) is 3. The quantitative estimate of drug-likeness (QED) is 0.814. The second-order valence-corrected chi connectivity index (χ2v) is 7.54. The van der Waals surface area contributed by atoms with Gasteiger partial charge in [-0.15, -0.1) is 0 Å². The Morgan fingerprint density at radius 1 is 1.16 bits per heavy atom. The van der Waals surface area contributed by atoms with Gasteiger partial charge in [0.2, 0.25) is 10.0 Å². The van der Waals surface area contributed by atoms with E-state index in [1.54, 1.807) is 4.31 Å². The van der Waals surface area contributed by atoms with Gasteiger partial charge in [0.1, 0.15) is 0 Å². The van der Waals surface area contributed by atoms with E-state index in [2.05, 4.69) is 29.2 Å². The second-order valence-electron chi connectivity index (χ2n) is 5.55. The van der Waals surface area contributed by atoms with Crippen LogP contribution in [0.4, 0.5) is 0 Å². The van der Waals surface area contributed by atoms with Crippen molar-refractivity contribution >= 4 is 10.0 Å². The van der Waals surface area contributed by atoms with Crippen LogP contribution < -0.4 is 0 Å². The zero-order valence-corrected chi connectivity index (χ0v) is 12.1.